The van der Waals surface area contributed by atoms with E-state index in [1.165, 1.54) is 49.6 Å². The molecule has 0 unspecified atom stereocenters. The quantitative estimate of drug-likeness (QED) is 0.459. The van der Waals surface area contributed by atoms with Gasteiger partial charge in [-0.25, -0.2) is 12.8 Å². The number of amides is 2. The molecule has 3 rings (SSSR count). The van der Waals surface area contributed by atoms with E-state index in [0.717, 1.165) is 0 Å². The lowest BCUT2D eigenvalue weighted by molar-refractivity contribution is -0.121. The van der Waals surface area contributed by atoms with E-state index in [-0.39, 0.29) is 16.9 Å². The van der Waals surface area contributed by atoms with Gasteiger partial charge in [-0.2, -0.15) is 0 Å². The fraction of sp³-hybridized carbons (Fsp3) is 0.130. The van der Waals surface area contributed by atoms with Gasteiger partial charge in [0.2, 0.25) is 5.91 Å². The van der Waals surface area contributed by atoms with Crippen molar-refractivity contribution in [1.82, 2.24) is 10.9 Å². The van der Waals surface area contributed by atoms with Gasteiger partial charge in [-0.15, -0.1) is 0 Å². The summed E-state index contributed by atoms with van der Waals surface area (Å²) in [5.74, 6) is -1.05. The van der Waals surface area contributed by atoms with E-state index < -0.39 is 27.7 Å². The Morgan fingerprint density at radius 1 is 0.939 bits per heavy atom. The van der Waals surface area contributed by atoms with Crippen molar-refractivity contribution in [2.45, 2.75) is 18.2 Å². The van der Waals surface area contributed by atoms with E-state index in [0.29, 0.717) is 22.6 Å². The van der Waals surface area contributed by atoms with Crippen molar-refractivity contribution in [1.29, 1.82) is 0 Å². The van der Waals surface area contributed by atoms with E-state index in [9.17, 15) is 22.4 Å². The Hall–Kier alpha value is -3.92. The lowest BCUT2D eigenvalue weighted by Crippen LogP contribution is -2.42. The zero-order valence-electron chi connectivity index (χ0n) is 17.9. The minimum absolute atomic E-state index is 0.0396. The van der Waals surface area contributed by atoms with Crippen LogP contribution in [0.15, 0.2) is 71.6 Å². The molecule has 0 heterocycles. The largest absolute Gasteiger partial charge is 0.497 e. The fourth-order valence-corrected chi connectivity index (χ4v) is 4.26. The average Bonchev–Trinajstić information content (AvgIpc) is 2.79. The Labute approximate surface area is 190 Å². The van der Waals surface area contributed by atoms with Crippen molar-refractivity contribution in [3.8, 4) is 5.75 Å². The van der Waals surface area contributed by atoms with Crippen LogP contribution in [0, 0.1) is 12.7 Å². The Bertz CT molecular complexity index is 1260. The van der Waals surface area contributed by atoms with E-state index in [1.54, 1.807) is 31.2 Å². The Morgan fingerprint density at radius 3 is 2.24 bits per heavy atom. The summed E-state index contributed by atoms with van der Waals surface area (Å²) in [6.45, 7) is 1.61. The fourth-order valence-electron chi connectivity index (χ4n) is 2.93. The number of carbonyl (C=O) groups is 2. The SMILES string of the molecule is COc1ccc(NS(=O)(=O)c2cc(C(=O)NNC(=O)Cc3ccc(F)cc3)ccc2C)cc1. The summed E-state index contributed by atoms with van der Waals surface area (Å²) in [4.78, 5) is 24.4. The molecule has 3 N–H and O–H groups in total. The molecule has 10 heteroatoms. The van der Waals surface area contributed by atoms with Crippen LogP contribution in [0.2, 0.25) is 0 Å². The highest BCUT2D eigenvalue weighted by Crippen LogP contribution is 2.22. The smallest absolute Gasteiger partial charge is 0.269 e. The summed E-state index contributed by atoms with van der Waals surface area (Å²) >= 11 is 0. The van der Waals surface area contributed by atoms with Crippen molar-refractivity contribution >= 4 is 27.5 Å². The van der Waals surface area contributed by atoms with E-state index in [1.807, 2.05) is 0 Å². The summed E-state index contributed by atoms with van der Waals surface area (Å²) in [5, 5.41) is 0. The van der Waals surface area contributed by atoms with E-state index in [2.05, 4.69) is 15.6 Å². The molecule has 0 radical (unpaired) electrons. The van der Waals surface area contributed by atoms with Crippen molar-refractivity contribution in [3.63, 3.8) is 0 Å². The van der Waals surface area contributed by atoms with Crippen LogP contribution < -0.4 is 20.3 Å². The van der Waals surface area contributed by atoms with Gasteiger partial charge in [0.25, 0.3) is 15.9 Å². The summed E-state index contributed by atoms with van der Waals surface area (Å²) < 4.78 is 46.2. The van der Waals surface area contributed by atoms with Crippen LogP contribution in [0.1, 0.15) is 21.5 Å². The maximum atomic E-state index is 13.0. The standard InChI is InChI=1S/C23H22FN3O5S/c1-15-3-6-17(23(29)26-25-22(28)13-16-4-7-18(24)8-5-16)14-21(15)33(30,31)27-19-9-11-20(32-2)12-10-19/h3-12,14,27H,13H2,1-2H3,(H,25,28)(H,26,29). The van der Waals surface area contributed by atoms with Gasteiger partial charge >= 0.3 is 0 Å². The van der Waals surface area contributed by atoms with Crippen LogP contribution in [-0.2, 0) is 21.2 Å². The number of methoxy groups -OCH3 is 1. The van der Waals surface area contributed by atoms with Crippen LogP contribution in [0.3, 0.4) is 0 Å². The highest BCUT2D eigenvalue weighted by Gasteiger charge is 2.20. The number of sulfonamides is 1. The minimum Gasteiger partial charge on any atom is -0.497 e. The topological polar surface area (TPSA) is 114 Å². The maximum Gasteiger partial charge on any atom is 0.269 e. The molecule has 172 valence electrons. The molecule has 0 atom stereocenters. The van der Waals surface area contributed by atoms with Crippen molar-refractivity contribution in [2.24, 2.45) is 0 Å². The molecule has 8 nitrogen and oxygen atoms in total. The molecule has 0 saturated carbocycles. The first kappa shape index (κ1) is 23.7. The predicted octanol–water partition coefficient (Wildman–Crippen LogP) is 2.95. The summed E-state index contributed by atoms with van der Waals surface area (Å²) in [5.41, 5.74) is 5.88. The summed E-state index contributed by atoms with van der Waals surface area (Å²) in [6, 6.07) is 15.9. The third-order valence-corrected chi connectivity index (χ3v) is 6.20. The van der Waals surface area contributed by atoms with Crippen LogP contribution in [0.25, 0.3) is 0 Å². The number of nitrogens with one attached hydrogen (secondary N) is 3. The van der Waals surface area contributed by atoms with Gasteiger partial charge in [0, 0.05) is 11.3 Å². The van der Waals surface area contributed by atoms with Crippen LogP contribution in [0.5, 0.6) is 5.75 Å². The van der Waals surface area contributed by atoms with Crippen molar-refractivity contribution in [2.75, 3.05) is 11.8 Å². The lowest BCUT2D eigenvalue weighted by atomic mass is 10.1. The van der Waals surface area contributed by atoms with Gasteiger partial charge in [0.1, 0.15) is 11.6 Å². The van der Waals surface area contributed by atoms with Crippen LogP contribution >= 0.6 is 0 Å². The average molecular weight is 472 g/mol. The zero-order valence-corrected chi connectivity index (χ0v) is 18.7. The van der Waals surface area contributed by atoms with Crippen molar-refractivity contribution in [3.05, 3.63) is 89.2 Å². The van der Waals surface area contributed by atoms with Gasteiger partial charge in [-0.05, 0) is 66.6 Å². The second-order valence-corrected chi connectivity index (χ2v) is 8.77. The highest BCUT2D eigenvalue weighted by molar-refractivity contribution is 7.92. The molecule has 2 amide bonds. The van der Waals surface area contributed by atoms with Crippen molar-refractivity contribution < 1.29 is 27.1 Å². The number of hydrogen-bond acceptors (Lipinski definition) is 5. The number of rotatable bonds is 7. The van der Waals surface area contributed by atoms with E-state index >= 15 is 0 Å². The molecule has 3 aromatic carbocycles. The first-order valence-corrected chi connectivity index (χ1v) is 11.3. The Kier molecular flexibility index (Phi) is 7.29. The van der Waals surface area contributed by atoms with Gasteiger partial charge in [-0.3, -0.25) is 25.2 Å². The number of carbonyl (C=O) groups excluding carboxylic acids is 2. The lowest BCUT2D eigenvalue weighted by Gasteiger charge is -2.13. The molecule has 33 heavy (non-hydrogen) atoms. The molecule has 0 saturated heterocycles. The molecule has 0 fully saturated rings. The zero-order chi connectivity index (χ0) is 24.0. The third kappa shape index (κ3) is 6.30. The van der Waals surface area contributed by atoms with Gasteiger partial charge in [0.05, 0.1) is 18.4 Å². The molecular formula is C23H22FN3O5S. The van der Waals surface area contributed by atoms with Crippen LogP contribution in [0.4, 0.5) is 10.1 Å². The summed E-state index contributed by atoms with van der Waals surface area (Å²) in [6.07, 6.45) is -0.0696. The predicted molar refractivity (Wildman–Crippen MR) is 121 cm³/mol. The first-order valence-electron chi connectivity index (χ1n) is 9.79. The molecule has 0 aromatic heterocycles. The minimum atomic E-state index is -3.98. The normalized spacial score (nSPS) is 10.9. The number of hydrogen-bond donors (Lipinski definition) is 3. The molecule has 3 aromatic rings. The number of anilines is 1. The summed E-state index contributed by atoms with van der Waals surface area (Å²) in [7, 11) is -2.48. The third-order valence-electron chi connectivity index (χ3n) is 4.68. The Morgan fingerprint density at radius 2 is 1.61 bits per heavy atom. The molecule has 0 bridgehead atoms. The number of hydrazine groups is 1. The number of aryl methyl sites for hydroxylation is 1. The Balaban J connectivity index is 1.68. The number of benzene rings is 3. The second kappa shape index (κ2) is 10.1. The molecule has 0 aliphatic heterocycles. The maximum absolute atomic E-state index is 13.0. The van der Waals surface area contributed by atoms with Gasteiger partial charge in [-0.1, -0.05) is 18.2 Å². The second-order valence-electron chi connectivity index (χ2n) is 7.12. The van der Waals surface area contributed by atoms with Gasteiger partial charge < -0.3 is 4.74 Å². The number of ether oxygens (including phenoxy) is 1. The van der Waals surface area contributed by atoms with Gasteiger partial charge in [0.15, 0.2) is 0 Å². The molecule has 0 spiro atoms. The molecule has 0 aliphatic rings. The monoisotopic (exact) mass is 471 g/mol. The van der Waals surface area contributed by atoms with Crippen LogP contribution in [-0.4, -0.2) is 27.3 Å². The number of halogens is 1. The highest BCUT2D eigenvalue weighted by atomic mass is 32.2. The van der Waals surface area contributed by atoms with E-state index in [4.69, 9.17) is 4.74 Å². The molecule has 0 aliphatic carbocycles. The molecular weight excluding hydrogens is 449 g/mol. The first-order chi connectivity index (χ1) is 15.7.